The van der Waals surface area contributed by atoms with Crippen LogP contribution in [-0.4, -0.2) is 41.1 Å². The number of likely N-dealkylation sites (tertiary alicyclic amines) is 1. The molecule has 0 amide bonds. The number of fused-ring (bicyclic) bond motifs is 2. The minimum absolute atomic E-state index is 0.0241. The fourth-order valence-electron chi connectivity index (χ4n) is 4.51. The van der Waals surface area contributed by atoms with Crippen LogP contribution in [0.1, 0.15) is 41.8 Å². The van der Waals surface area contributed by atoms with Crippen LogP contribution in [0.4, 0.5) is 5.95 Å². The number of hydrogen-bond donors (Lipinski definition) is 1. The average Bonchev–Trinajstić information content (AvgIpc) is 3.44. The summed E-state index contributed by atoms with van der Waals surface area (Å²) in [6.45, 7) is 7.42. The van der Waals surface area contributed by atoms with Gasteiger partial charge in [0, 0.05) is 35.9 Å². The molecule has 1 atom stereocenters. The molecule has 3 aliphatic rings. The molecule has 2 aliphatic heterocycles. The molecule has 1 saturated carbocycles. The predicted molar refractivity (Wildman–Crippen MR) is 111 cm³/mol. The van der Waals surface area contributed by atoms with Crippen LogP contribution in [0.2, 0.25) is 5.02 Å². The number of benzene rings is 1. The van der Waals surface area contributed by atoms with E-state index in [1.807, 2.05) is 12.1 Å². The van der Waals surface area contributed by atoms with Crippen LogP contribution in [0, 0.1) is 12.8 Å². The maximum absolute atomic E-state index is 6.03. The molecular weight excluding hydrogens is 372 g/mol. The van der Waals surface area contributed by atoms with E-state index in [9.17, 15) is 0 Å². The lowest BCUT2D eigenvalue weighted by Crippen LogP contribution is -2.41. The number of nitrogens with zero attached hydrogens (tertiary/aromatic N) is 3. The van der Waals surface area contributed by atoms with Gasteiger partial charge in [-0.05, 0) is 56.3 Å². The Kier molecular flexibility index (Phi) is 4.77. The van der Waals surface area contributed by atoms with Gasteiger partial charge in [0.2, 0.25) is 5.95 Å². The summed E-state index contributed by atoms with van der Waals surface area (Å²) in [5.41, 5.74) is 4.73. The first-order valence-corrected chi connectivity index (χ1v) is 10.7. The highest BCUT2D eigenvalue weighted by atomic mass is 35.5. The Balaban J connectivity index is 1.37. The molecule has 2 aromatic rings. The zero-order valence-corrected chi connectivity index (χ0v) is 17.1. The smallest absolute Gasteiger partial charge is 0.223 e. The highest BCUT2D eigenvalue weighted by molar-refractivity contribution is 6.30. The molecule has 0 radical (unpaired) electrons. The number of aryl methyl sites for hydroxylation is 1. The van der Waals surface area contributed by atoms with Crippen molar-refractivity contribution in [3.8, 4) is 0 Å². The molecule has 1 N–H and O–H groups in total. The molecule has 1 aromatic heterocycles. The Bertz CT molecular complexity index is 868. The predicted octanol–water partition coefficient (Wildman–Crippen LogP) is 3.93. The van der Waals surface area contributed by atoms with Gasteiger partial charge in [-0.25, -0.2) is 9.97 Å². The Labute approximate surface area is 171 Å². The van der Waals surface area contributed by atoms with E-state index in [0.717, 1.165) is 61.8 Å². The van der Waals surface area contributed by atoms with Gasteiger partial charge < -0.3 is 10.1 Å². The molecule has 0 bridgehead atoms. The highest BCUT2D eigenvalue weighted by Crippen LogP contribution is 2.40. The minimum atomic E-state index is -0.0241. The van der Waals surface area contributed by atoms with Gasteiger partial charge in [-0.2, -0.15) is 0 Å². The van der Waals surface area contributed by atoms with Crippen molar-refractivity contribution in [2.24, 2.45) is 5.92 Å². The zero-order valence-electron chi connectivity index (χ0n) is 16.4. The summed E-state index contributed by atoms with van der Waals surface area (Å²) >= 11 is 6.03. The Morgan fingerprint density at radius 2 is 2.07 bits per heavy atom. The van der Waals surface area contributed by atoms with E-state index >= 15 is 0 Å². The largest absolute Gasteiger partial charge is 0.376 e. The van der Waals surface area contributed by atoms with Crippen LogP contribution in [0.25, 0.3) is 0 Å². The van der Waals surface area contributed by atoms with Crippen molar-refractivity contribution < 1.29 is 4.74 Å². The van der Waals surface area contributed by atoms with Gasteiger partial charge >= 0.3 is 0 Å². The second-order valence-electron chi connectivity index (χ2n) is 8.64. The summed E-state index contributed by atoms with van der Waals surface area (Å²) in [6, 6.07) is 8.17. The van der Waals surface area contributed by atoms with Crippen molar-refractivity contribution in [3.63, 3.8) is 0 Å². The molecule has 1 spiro atoms. The van der Waals surface area contributed by atoms with E-state index in [0.29, 0.717) is 6.61 Å². The van der Waals surface area contributed by atoms with E-state index < -0.39 is 0 Å². The molecule has 5 nitrogen and oxygen atoms in total. The molecule has 2 fully saturated rings. The SMILES string of the molecule is Cc1nc(NCC2CC2)nc2c1COC[C@]21CCN(Cc2ccc(Cl)cc2)C1. The van der Waals surface area contributed by atoms with Crippen molar-refractivity contribution in [2.75, 3.05) is 31.6 Å². The van der Waals surface area contributed by atoms with Crippen LogP contribution in [0.15, 0.2) is 24.3 Å². The zero-order chi connectivity index (χ0) is 19.1. The minimum Gasteiger partial charge on any atom is -0.376 e. The molecular formula is C22H27ClN4O. The van der Waals surface area contributed by atoms with Crippen LogP contribution >= 0.6 is 11.6 Å². The fraction of sp³-hybridized carbons (Fsp3) is 0.545. The quantitative estimate of drug-likeness (QED) is 0.826. The molecule has 28 heavy (non-hydrogen) atoms. The van der Waals surface area contributed by atoms with Crippen LogP contribution in [0.5, 0.6) is 0 Å². The first kappa shape index (κ1) is 18.3. The van der Waals surface area contributed by atoms with Gasteiger partial charge in [-0.1, -0.05) is 23.7 Å². The van der Waals surface area contributed by atoms with E-state index in [-0.39, 0.29) is 5.41 Å². The summed E-state index contributed by atoms with van der Waals surface area (Å²) in [5.74, 6) is 1.60. The monoisotopic (exact) mass is 398 g/mol. The third-order valence-corrected chi connectivity index (χ3v) is 6.59. The summed E-state index contributed by atoms with van der Waals surface area (Å²) in [7, 11) is 0. The molecule has 6 heteroatoms. The maximum atomic E-state index is 6.03. The van der Waals surface area contributed by atoms with Crippen molar-refractivity contribution >= 4 is 17.5 Å². The number of rotatable bonds is 5. The molecule has 5 rings (SSSR count). The number of aromatic nitrogens is 2. The van der Waals surface area contributed by atoms with E-state index in [2.05, 4.69) is 29.3 Å². The second-order valence-corrected chi connectivity index (χ2v) is 9.08. The number of nitrogens with one attached hydrogen (secondary N) is 1. The van der Waals surface area contributed by atoms with E-state index in [1.54, 1.807) is 0 Å². The standard InChI is InChI=1S/C22H27ClN4O/c1-15-19-12-28-14-22(20(19)26-21(25-15)24-10-16-2-3-16)8-9-27(13-22)11-17-4-6-18(23)7-5-17/h4-7,16H,2-3,8-14H2,1H3,(H,24,25,26)/t22-/m1/s1. The summed E-state index contributed by atoms with van der Waals surface area (Å²) in [5, 5.41) is 4.26. The molecule has 3 heterocycles. The molecule has 1 saturated heterocycles. The van der Waals surface area contributed by atoms with Crippen molar-refractivity contribution in [2.45, 2.75) is 44.8 Å². The van der Waals surface area contributed by atoms with Crippen LogP contribution in [0.3, 0.4) is 0 Å². The van der Waals surface area contributed by atoms with Gasteiger partial charge in [0.25, 0.3) is 0 Å². The first-order chi connectivity index (χ1) is 13.6. The van der Waals surface area contributed by atoms with Gasteiger partial charge in [0.05, 0.1) is 24.3 Å². The normalized spacial score (nSPS) is 24.5. The van der Waals surface area contributed by atoms with Gasteiger partial charge in [0.15, 0.2) is 0 Å². The second kappa shape index (κ2) is 7.29. The summed E-state index contributed by atoms with van der Waals surface area (Å²) < 4.78 is 6.03. The molecule has 0 unspecified atom stereocenters. The first-order valence-electron chi connectivity index (χ1n) is 10.3. The number of anilines is 1. The van der Waals surface area contributed by atoms with Crippen LogP contribution in [-0.2, 0) is 23.3 Å². The number of ether oxygens (including phenoxy) is 1. The average molecular weight is 399 g/mol. The summed E-state index contributed by atoms with van der Waals surface area (Å²) in [6.07, 6.45) is 3.73. The highest BCUT2D eigenvalue weighted by Gasteiger charge is 2.45. The number of halogens is 1. The molecule has 148 valence electrons. The van der Waals surface area contributed by atoms with Gasteiger partial charge in [-0.15, -0.1) is 0 Å². The Hall–Kier alpha value is -1.69. The van der Waals surface area contributed by atoms with Gasteiger partial charge in [0.1, 0.15) is 0 Å². The van der Waals surface area contributed by atoms with Crippen molar-refractivity contribution in [1.82, 2.24) is 14.9 Å². The lowest BCUT2D eigenvalue weighted by atomic mass is 9.80. The Morgan fingerprint density at radius 1 is 1.25 bits per heavy atom. The number of hydrogen-bond acceptors (Lipinski definition) is 5. The lowest BCUT2D eigenvalue weighted by molar-refractivity contribution is 0.0498. The fourth-order valence-corrected chi connectivity index (χ4v) is 4.64. The maximum Gasteiger partial charge on any atom is 0.223 e. The van der Waals surface area contributed by atoms with E-state index in [4.69, 9.17) is 26.3 Å². The van der Waals surface area contributed by atoms with Gasteiger partial charge in [-0.3, -0.25) is 4.90 Å². The van der Waals surface area contributed by atoms with Crippen molar-refractivity contribution in [1.29, 1.82) is 0 Å². The lowest BCUT2D eigenvalue weighted by Gasteiger charge is -2.35. The molecule has 1 aliphatic carbocycles. The Morgan fingerprint density at radius 3 is 2.86 bits per heavy atom. The third kappa shape index (κ3) is 3.63. The van der Waals surface area contributed by atoms with Crippen LogP contribution < -0.4 is 5.32 Å². The van der Waals surface area contributed by atoms with Crippen molar-refractivity contribution in [3.05, 3.63) is 51.8 Å². The summed E-state index contributed by atoms with van der Waals surface area (Å²) in [4.78, 5) is 12.2. The third-order valence-electron chi connectivity index (χ3n) is 6.34. The molecule has 1 aromatic carbocycles. The topological polar surface area (TPSA) is 50.3 Å². The van der Waals surface area contributed by atoms with E-state index in [1.165, 1.54) is 29.7 Å².